The highest BCUT2D eigenvalue weighted by Crippen LogP contribution is 2.53. The Labute approximate surface area is 291 Å². The molecule has 0 aromatic heterocycles. The zero-order valence-corrected chi connectivity index (χ0v) is 32.8. The molecule has 2 unspecified atom stereocenters. The van der Waals surface area contributed by atoms with Crippen LogP contribution in [0.3, 0.4) is 0 Å². The standard InChI is InChI=1S/C38H75N4O2PS/c1-7-10-12-13-14-15-16-17-18-19-20-21-22-23-24-25-29-41(32-42(40)38-28-27-35(6)30-37(38)39)33-46-45(44-34(4)5)43-31-36(9-3)26-11-8-2/h27-28,30,34,36H,7-26,29,31-33,39-40H2,1-6H3. The molecule has 270 valence electrons. The van der Waals surface area contributed by atoms with Crippen LogP contribution in [0.5, 0.6) is 0 Å². The van der Waals surface area contributed by atoms with E-state index in [0.29, 0.717) is 12.6 Å². The molecule has 1 aromatic rings. The number of nitrogen functional groups attached to an aromatic ring is 1. The Balaban J connectivity index is 2.49. The fraction of sp³-hybridized carbons (Fsp3) is 0.842. The van der Waals surface area contributed by atoms with Crippen molar-refractivity contribution in [3.05, 3.63) is 23.8 Å². The minimum Gasteiger partial charge on any atom is -0.397 e. The van der Waals surface area contributed by atoms with Gasteiger partial charge in [-0.25, -0.2) is 5.84 Å². The monoisotopic (exact) mass is 683 g/mol. The van der Waals surface area contributed by atoms with Crippen LogP contribution in [-0.4, -0.2) is 36.7 Å². The quantitative estimate of drug-likeness (QED) is 0.0195. The molecule has 0 fully saturated rings. The lowest BCUT2D eigenvalue weighted by molar-refractivity contribution is 0.189. The average Bonchev–Trinajstić information content (AvgIpc) is 3.02. The van der Waals surface area contributed by atoms with Crippen molar-refractivity contribution in [2.24, 2.45) is 11.8 Å². The summed E-state index contributed by atoms with van der Waals surface area (Å²) in [5, 5.41) is 1.80. The second-order valence-corrected chi connectivity index (χ2v) is 16.8. The molecule has 0 aliphatic heterocycles. The van der Waals surface area contributed by atoms with E-state index in [1.165, 1.54) is 122 Å². The Bertz CT molecular complexity index is 834. The van der Waals surface area contributed by atoms with Gasteiger partial charge in [0.15, 0.2) is 0 Å². The number of hydrogen-bond donors (Lipinski definition) is 2. The predicted molar refractivity (Wildman–Crippen MR) is 208 cm³/mol. The third kappa shape index (κ3) is 22.9. The highest BCUT2D eigenvalue weighted by atomic mass is 32.7. The van der Waals surface area contributed by atoms with Crippen molar-refractivity contribution in [1.29, 1.82) is 0 Å². The molecule has 6 nitrogen and oxygen atoms in total. The lowest BCUT2D eigenvalue weighted by Gasteiger charge is -2.30. The molecule has 0 aliphatic rings. The van der Waals surface area contributed by atoms with E-state index < -0.39 is 7.58 Å². The molecule has 8 heteroatoms. The summed E-state index contributed by atoms with van der Waals surface area (Å²) < 4.78 is 12.7. The van der Waals surface area contributed by atoms with Gasteiger partial charge in [0, 0.05) is 6.54 Å². The minimum absolute atomic E-state index is 0.140. The van der Waals surface area contributed by atoms with Crippen molar-refractivity contribution in [1.82, 2.24) is 4.90 Å². The third-order valence-electron chi connectivity index (χ3n) is 8.77. The molecule has 0 spiro atoms. The number of nitrogens with zero attached hydrogens (tertiary/aromatic N) is 2. The highest BCUT2D eigenvalue weighted by Gasteiger charge is 2.20. The smallest absolute Gasteiger partial charge is 0.239 e. The molecule has 0 bridgehead atoms. The van der Waals surface area contributed by atoms with E-state index in [-0.39, 0.29) is 6.10 Å². The molecule has 46 heavy (non-hydrogen) atoms. The number of unbranched alkanes of at least 4 members (excludes halogenated alkanes) is 16. The maximum atomic E-state index is 6.60. The van der Waals surface area contributed by atoms with Gasteiger partial charge < -0.3 is 14.8 Å². The van der Waals surface area contributed by atoms with Crippen LogP contribution >= 0.6 is 19.0 Å². The van der Waals surface area contributed by atoms with Crippen LogP contribution in [0, 0.1) is 12.8 Å². The van der Waals surface area contributed by atoms with Gasteiger partial charge in [-0.1, -0.05) is 154 Å². The average molecular weight is 683 g/mol. The lowest BCUT2D eigenvalue weighted by Crippen LogP contribution is -2.43. The van der Waals surface area contributed by atoms with Crippen LogP contribution in [0.2, 0.25) is 0 Å². The predicted octanol–water partition coefficient (Wildman–Crippen LogP) is 12.4. The third-order valence-corrected chi connectivity index (χ3v) is 12.0. The second-order valence-electron chi connectivity index (χ2n) is 13.7. The van der Waals surface area contributed by atoms with Crippen molar-refractivity contribution < 1.29 is 9.05 Å². The summed E-state index contributed by atoms with van der Waals surface area (Å²) in [6.07, 6.45) is 27.1. The molecule has 4 N–H and O–H groups in total. The zero-order chi connectivity index (χ0) is 33.8. The number of benzene rings is 1. The Morgan fingerprint density at radius 3 is 1.83 bits per heavy atom. The van der Waals surface area contributed by atoms with Crippen molar-refractivity contribution in [2.75, 3.05) is 36.4 Å². The summed E-state index contributed by atoms with van der Waals surface area (Å²) in [6, 6.07) is 6.10. The van der Waals surface area contributed by atoms with Crippen LogP contribution < -0.4 is 16.6 Å². The summed E-state index contributed by atoms with van der Waals surface area (Å²) in [4.78, 5) is 2.44. The number of anilines is 2. The van der Waals surface area contributed by atoms with Gasteiger partial charge in [0.1, 0.15) is 0 Å². The molecule has 0 saturated carbocycles. The first-order chi connectivity index (χ1) is 22.3. The maximum absolute atomic E-state index is 6.60. The van der Waals surface area contributed by atoms with Crippen LogP contribution in [0.25, 0.3) is 0 Å². The van der Waals surface area contributed by atoms with E-state index in [1.54, 1.807) is 16.4 Å². The Kier molecular flexibility index (Phi) is 27.7. The van der Waals surface area contributed by atoms with Crippen LogP contribution in [-0.2, 0) is 9.05 Å². The first-order valence-corrected chi connectivity index (χ1v) is 21.9. The summed E-state index contributed by atoms with van der Waals surface area (Å²) in [5.74, 6) is 8.03. The Hall–Kier alpha value is -0.560. The summed E-state index contributed by atoms with van der Waals surface area (Å²) in [5.41, 5.74) is 9.10. The van der Waals surface area contributed by atoms with Gasteiger partial charge in [-0.3, -0.25) is 9.91 Å². The molecule has 1 aromatic carbocycles. The summed E-state index contributed by atoms with van der Waals surface area (Å²) in [6.45, 7) is 15.5. The molecule has 0 heterocycles. The molecule has 2 atom stereocenters. The van der Waals surface area contributed by atoms with Gasteiger partial charge in [-0.05, 0) is 57.2 Å². The maximum Gasteiger partial charge on any atom is 0.239 e. The first-order valence-electron chi connectivity index (χ1n) is 19.1. The molecule has 1 rings (SSSR count). The second kappa shape index (κ2) is 29.4. The lowest BCUT2D eigenvalue weighted by atomic mass is 10.0. The van der Waals surface area contributed by atoms with Crippen molar-refractivity contribution >= 4 is 30.3 Å². The molecule has 0 amide bonds. The Morgan fingerprint density at radius 1 is 0.783 bits per heavy atom. The molecule has 0 saturated heterocycles. The fourth-order valence-corrected chi connectivity index (χ4v) is 8.97. The van der Waals surface area contributed by atoms with Crippen molar-refractivity contribution in [3.63, 3.8) is 0 Å². The minimum atomic E-state index is -1.02. The SMILES string of the molecule is CCCCCCCCCCCCCCCCCCN(CSP(OCC(CC)CCCC)OC(C)C)CN(N)c1ccc(C)cc1N. The molecular formula is C38H75N4O2PS. The summed E-state index contributed by atoms with van der Waals surface area (Å²) >= 11 is 1.80. The fourth-order valence-electron chi connectivity index (χ4n) is 5.75. The molecule has 0 radical (unpaired) electrons. The van der Waals surface area contributed by atoms with E-state index in [9.17, 15) is 0 Å². The number of hydrogen-bond acceptors (Lipinski definition) is 7. The zero-order valence-electron chi connectivity index (χ0n) is 31.1. The topological polar surface area (TPSA) is 77.0 Å². The van der Waals surface area contributed by atoms with Gasteiger partial charge in [-0.15, -0.1) is 0 Å². The van der Waals surface area contributed by atoms with E-state index in [4.69, 9.17) is 20.6 Å². The normalized spacial score (nSPS) is 13.2. The van der Waals surface area contributed by atoms with E-state index in [2.05, 4.69) is 52.5 Å². The van der Waals surface area contributed by atoms with Gasteiger partial charge in [0.2, 0.25) is 7.58 Å². The molecule has 0 aliphatic carbocycles. The number of rotatable bonds is 32. The summed E-state index contributed by atoms with van der Waals surface area (Å²) in [7, 11) is -1.02. The first kappa shape index (κ1) is 43.5. The van der Waals surface area contributed by atoms with E-state index in [0.717, 1.165) is 42.4 Å². The van der Waals surface area contributed by atoms with E-state index >= 15 is 0 Å². The van der Waals surface area contributed by atoms with Gasteiger partial charge >= 0.3 is 0 Å². The number of hydrazine groups is 1. The van der Waals surface area contributed by atoms with Crippen molar-refractivity contribution in [2.45, 2.75) is 176 Å². The van der Waals surface area contributed by atoms with Gasteiger partial charge in [0.05, 0.1) is 36.6 Å². The van der Waals surface area contributed by atoms with Gasteiger partial charge in [0.25, 0.3) is 0 Å². The van der Waals surface area contributed by atoms with Crippen LogP contribution in [0.4, 0.5) is 11.4 Å². The number of nitrogens with two attached hydrogens (primary N) is 2. The van der Waals surface area contributed by atoms with Gasteiger partial charge in [-0.2, -0.15) is 0 Å². The van der Waals surface area contributed by atoms with E-state index in [1.807, 2.05) is 12.1 Å². The van der Waals surface area contributed by atoms with Crippen LogP contribution in [0.1, 0.15) is 169 Å². The highest BCUT2D eigenvalue weighted by molar-refractivity contribution is 8.52. The van der Waals surface area contributed by atoms with Crippen LogP contribution in [0.15, 0.2) is 18.2 Å². The Morgan fingerprint density at radius 2 is 1.33 bits per heavy atom. The number of aryl methyl sites for hydroxylation is 1. The molecular weight excluding hydrogens is 607 g/mol. The largest absolute Gasteiger partial charge is 0.397 e. The van der Waals surface area contributed by atoms with Crippen molar-refractivity contribution in [3.8, 4) is 0 Å².